The fourth-order valence-corrected chi connectivity index (χ4v) is 5.03. The fourth-order valence-electron chi connectivity index (χ4n) is 2.70. The number of ketones is 1. The number of hydrogen-bond donors (Lipinski definition) is 0. The molecule has 0 aliphatic heterocycles. The Morgan fingerprint density at radius 1 is 1.23 bits per heavy atom. The molecule has 1 aliphatic rings. The van der Waals surface area contributed by atoms with Gasteiger partial charge in [-0.2, -0.15) is 0 Å². The number of thiophene rings is 1. The van der Waals surface area contributed by atoms with Gasteiger partial charge in [-0.15, -0.1) is 21.5 Å². The second-order valence-corrected chi connectivity index (χ2v) is 9.36. The molecule has 0 unspecified atom stereocenters. The molecule has 0 amide bonds. The van der Waals surface area contributed by atoms with Crippen molar-refractivity contribution in [1.82, 2.24) is 14.8 Å². The number of thioether (sulfide) groups is 1. The van der Waals surface area contributed by atoms with Gasteiger partial charge >= 0.3 is 0 Å². The van der Waals surface area contributed by atoms with Gasteiger partial charge in [0.25, 0.3) is 0 Å². The molecule has 3 aromatic rings. The van der Waals surface area contributed by atoms with E-state index in [-0.39, 0.29) is 11.5 Å². The number of Topliss-reactive ketones (excluding diaryl/α,β-unsaturated/α-hetero) is 1. The molecule has 0 radical (unpaired) electrons. The van der Waals surface area contributed by atoms with Crippen LogP contribution in [0.2, 0.25) is 8.67 Å². The van der Waals surface area contributed by atoms with E-state index >= 15 is 0 Å². The third kappa shape index (κ3) is 3.98. The molecule has 0 N–H and O–H groups in total. The van der Waals surface area contributed by atoms with Crippen LogP contribution in [-0.2, 0) is 6.54 Å². The molecule has 2 aromatic heterocycles. The van der Waals surface area contributed by atoms with Gasteiger partial charge in [-0.25, -0.2) is 0 Å². The van der Waals surface area contributed by atoms with Crippen LogP contribution >= 0.6 is 46.3 Å². The highest BCUT2D eigenvalue weighted by Gasteiger charge is 2.30. The summed E-state index contributed by atoms with van der Waals surface area (Å²) in [5.41, 5.74) is 1.67. The Bertz CT molecular complexity index is 935. The standard InChI is InChI=1S/C18H15Cl2N3OS2/c19-15-8-13(16(20)26-15)14(24)10-25-18-22-21-17(12-6-7-12)23(18)9-11-4-2-1-3-5-11/h1-5,8,12H,6-7,9-10H2. The van der Waals surface area contributed by atoms with Gasteiger partial charge < -0.3 is 4.57 Å². The third-order valence-electron chi connectivity index (χ3n) is 4.16. The number of carbonyl (C=O) groups excluding carboxylic acids is 1. The molecule has 1 aliphatic carbocycles. The number of aromatic nitrogens is 3. The largest absolute Gasteiger partial charge is 0.301 e. The highest BCUT2D eigenvalue weighted by molar-refractivity contribution is 7.99. The molecule has 0 spiro atoms. The van der Waals surface area contributed by atoms with Crippen molar-refractivity contribution in [2.45, 2.75) is 30.5 Å². The van der Waals surface area contributed by atoms with Crippen LogP contribution in [0.4, 0.5) is 0 Å². The molecule has 0 atom stereocenters. The molecule has 134 valence electrons. The summed E-state index contributed by atoms with van der Waals surface area (Å²) in [6.07, 6.45) is 2.30. The Kier molecular flexibility index (Phi) is 5.36. The van der Waals surface area contributed by atoms with E-state index in [1.165, 1.54) is 28.7 Å². The van der Waals surface area contributed by atoms with E-state index in [1.807, 2.05) is 18.2 Å². The summed E-state index contributed by atoms with van der Waals surface area (Å²) in [5, 5.41) is 9.48. The van der Waals surface area contributed by atoms with E-state index in [0.29, 0.717) is 26.7 Å². The Morgan fingerprint density at radius 3 is 2.65 bits per heavy atom. The number of hydrogen-bond acceptors (Lipinski definition) is 5. The summed E-state index contributed by atoms with van der Waals surface area (Å²) in [4.78, 5) is 12.5. The zero-order chi connectivity index (χ0) is 18.1. The normalized spacial score (nSPS) is 13.9. The summed E-state index contributed by atoms with van der Waals surface area (Å²) < 4.78 is 3.09. The lowest BCUT2D eigenvalue weighted by Gasteiger charge is -2.09. The van der Waals surface area contributed by atoms with Gasteiger partial charge in [0, 0.05) is 11.5 Å². The van der Waals surface area contributed by atoms with Gasteiger partial charge in [0.15, 0.2) is 10.9 Å². The molecule has 26 heavy (non-hydrogen) atoms. The smallest absolute Gasteiger partial charge is 0.191 e. The first-order chi connectivity index (χ1) is 12.6. The first kappa shape index (κ1) is 18.0. The molecular formula is C18H15Cl2N3OS2. The first-order valence-corrected chi connectivity index (χ1v) is 10.8. The second kappa shape index (κ2) is 7.72. The minimum absolute atomic E-state index is 0.0506. The summed E-state index contributed by atoms with van der Waals surface area (Å²) in [5.74, 6) is 1.71. The van der Waals surface area contributed by atoms with Crippen molar-refractivity contribution >= 4 is 52.1 Å². The molecule has 0 saturated heterocycles. The Hall–Kier alpha value is -1.34. The van der Waals surface area contributed by atoms with Crippen molar-refractivity contribution in [1.29, 1.82) is 0 Å². The summed E-state index contributed by atoms with van der Waals surface area (Å²) >= 11 is 14.6. The molecular weight excluding hydrogens is 409 g/mol. The molecule has 8 heteroatoms. The van der Waals surface area contributed by atoms with Crippen LogP contribution in [0.15, 0.2) is 41.6 Å². The van der Waals surface area contributed by atoms with Crippen LogP contribution in [0.25, 0.3) is 0 Å². The SMILES string of the molecule is O=C(CSc1nnc(C2CC2)n1Cc1ccccc1)c1cc(Cl)sc1Cl. The van der Waals surface area contributed by atoms with Gasteiger partial charge in [0.05, 0.1) is 16.6 Å². The van der Waals surface area contributed by atoms with Crippen LogP contribution in [0.5, 0.6) is 0 Å². The predicted octanol–water partition coefficient (Wildman–Crippen LogP) is 5.55. The lowest BCUT2D eigenvalue weighted by molar-refractivity contribution is 0.102. The lowest BCUT2D eigenvalue weighted by Crippen LogP contribution is -2.08. The fraction of sp³-hybridized carbons (Fsp3) is 0.278. The number of benzene rings is 1. The predicted molar refractivity (Wildman–Crippen MR) is 107 cm³/mol. The Labute approximate surface area is 169 Å². The average Bonchev–Trinajstić information content (AvgIpc) is 3.32. The Morgan fingerprint density at radius 2 is 2.00 bits per heavy atom. The summed E-state index contributed by atoms with van der Waals surface area (Å²) in [6, 6.07) is 11.8. The van der Waals surface area contributed by atoms with Crippen molar-refractivity contribution in [3.8, 4) is 0 Å². The van der Waals surface area contributed by atoms with Crippen molar-refractivity contribution in [2.75, 3.05) is 5.75 Å². The van der Waals surface area contributed by atoms with Gasteiger partial charge in [0.1, 0.15) is 10.2 Å². The zero-order valence-corrected chi connectivity index (χ0v) is 16.8. The lowest BCUT2D eigenvalue weighted by atomic mass is 10.2. The minimum atomic E-state index is -0.0506. The van der Waals surface area contributed by atoms with Crippen LogP contribution < -0.4 is 0 Å². The van der Waals surface area contributed by atoms with E-state index in [0.717, 1.165) is 23.8 Å². The second-order valence-electron chi connectivity index (χ2n) is 6.14. The number of carbonyl (C=O) groups is 1. The molecule has 1 fully saturated rings. The summed E-state index contributed by atoms with van der Waals surface area (Å²) in [7, 11) is 0. The van der Waals surface area contributed by atoms with E-state index in [2.05, 4.69) is 26.9 Å². The van der Waals surface area contributed by atoms with Crippen LogP contribution in [0, 0.1) is 0 Å². The molecule has 0 bridgehead atoms. The van der Waals surface area contributed by atoms with Gasteiger partial charge in [-0.05, 0) is 24.5 Å². The van der Waals surface area contributed by atoms with Gasteiger partial charge in [-0.3, -0.25) is 4.79 Å². The molecule has 1 aromatic carbocycles. The van der Waals surface area contributed by atoms with E-state index in [1.54, 1.807) is 6.07 Å². The average molecular weight is 424 g/mol. The number of nitrogens with zero attached hydrogens (tertiary/aromatic N) is 3. The maximum atomic E-state index is 12.5. The monoisotopic (exact) mass is 423 g/mol. The topological polar surface area (TPSA) is 47.8 Å². The molecule has 4 rings (SSSR count). The van der Waals surface area contributed by atoms with Crippen LogP contribution in [0.1, 0.15) is 40.5 Å². The van der Waals surface area contributed by atoms with Crippen molar-refractivity contribution in [3.05, 3.63) is 62.0 Å². The summed E-state index contributed by atoms with van der Waals surface area (Å²) in [6.45, 7) is 0.710. The maximum Gasteiger partial charge on any atom is 0.191 e. The first-order valence-electron chi connectivity index (χ1n) is 8.19. The maximum absolute atomic E-state index is 12.5. The van der Waals surface area contributed by atoms with E-state index < -0.39 is 0 Å². The highest BCUT2D eigenvalue weighted by atomic mass is 35.5. The molecule has 1 saturated carbocycles. The van der Waals surface area contributed by atoms with Crippen molar-refractivity contribution in [2.24, 2.45) is 0 Å². The number of halogens is 2. The zero-order valence-electron chi connectivity index (χ0n) is 13.7. The highest BCUT2D eigenvalue weighted by Crippen LogP contribution is 2.40. The van der Waals surface area contributed by atoms with Crippen LogP contribution in [0.3, 0.4) is 0 Å². The Balaban J connectivity index is 1.53. The third-order valence-corrected chi connectivity index (χ3v) is 6.62. The molecule has 2 heterocycles. The van der Waals surface area contributed by atoms with Crippen LogP contribution in [-0.4, -0.2) is 26.3 Å². The van der Waals surface area contributed by atoms with E-state index in [4.69, 9.17) is 23.2 Å². The van der Waals surface area contributed by atoms with Crippen molar-refractivity contribution in [3.63, 3.8) is 0 Å². The quantitative estimate of drug-likeness (QED) is 0.369. The minimum Gasteiger partial charge on any atom is -0.301 e. The number of rotatable bonds is 7. The van der Waals surface area contributed by atoms with Crippen molar-refractivity contribution < 1.29 is 4.79 Å². The van der Waals surface area contributed by atoms with Gasteiger partial charge in [0.2, 0.25) is 0 Å². The van der Waals surface area contributed by atoms with E-state index in [9.17, 15) is 4.79 Å². The van der Waals surface area contributed by atoms with Gasteiger partial charge in [-0.1, -0.05) is 65.3 Å². The molecule has 4 nitrogen and oxygen atoms in total.